The molecule has 0 saturated heterocycles. The highest BCUT2D eigenvalue weighted by Gasteiger charge is 2.05. The lowest BCUT2D eigenvalue weighted by Crippen LogP contribution is -2.01. The number of rotatable bonds is 2. The predicted molar refractivity (Wildman–Crippen MR) is 56.2 cm³/mol. The Bertz CT molecular complexity index is 422. The molecule has 1 heterocycles. The Hall–Kier alpha value is -1.06. The first-order valence-electron chi connectivity index (χ1n) is 4.21. The normalized spacial score (nSPS) is 10.8. The standard InChI is InChI=1S/C10H11NOS/c11-5-4-7-6-13-10-8(7)2-1-3-9(10)12/h1-3,6,12H,4-5,11H2. The summed E-state index contributed by atoms with van der Waals surface area (Å²) in [5, 5.41) is 12.7. The molecule has 0 fully saturated rings. The van der Waals surface area contributed by atoms with Crippen LogP contribution in [-0.4, -0.2) is 11.7 Å². The third-order valence-electron chi connectivity index (χ3n) is 2.07. The minimum absolute atomic E-state index is 0.366. The van der Waals surface area contributed by atoms with Crippen LogP contribution in [0.15, 0.2) is 23.6 Å². The quantitative estimate of drug-likeness (QED) is 0.767. The van der Waals surface area contributed by atoms with Gasteiger partial charge in [0.1, 0.15) is 5.75 Å². The SMILES string of the molecule is NCCc1csc2c(O)cccc12. The fourth-order valence-electron chi connectivity index (χ4n) is 1.44. The van der Waals surface area contributed by atoms with Crippen molar-refractivity contribution in [3.05, 3.63) is 29.1 Å². The van der Waals surface area contributed by atoms with E-state index in [-0.39, 0.29) is 0 Å². The number of thiophene rings is 1. The van der Waals surface area contributed by atoms with Crippen LogP contribution in [0.2, 0.25) is 0 Å². The third kappa shape index (κ3) is 1.41. The number of hydrogen-bond donors (Lipinski definition) is 2. The largest absolute Gasteiger partial charge is 0.506 e. The number of benzene rings is 1. The van der Waals surface area contributed by atoms with Crippen molar-refractivity contribution in [2.45, 2.75) is 6.42 Å². The van der Waals surface area contributed by atoms with Crippen molar-refractivity contribution in [3.63, 3.8) is 0 Å². The molecule has 0 saturated carbocycles. The zero-order chi connectivity index (χ0) is 9.26. The number of hydrogen-bond acceptors (Lipinski definition) is 3. The van der Waals surface area contributed by atoms with Crippen molar-refractivity contribution in [2.75, 3.05) is 6.54 Å². The molecule has 0 amide bonds. The maximum atomic E-state index is 9.53. The molecule has 0 aliphatic rings. The molecule has 3 heteroatoms. The summed E-state index contributed by atoms with van der Waals surface area (Å²) in [7, 11) is 0. The smallest absolute Gasteiger partial charge is 0.133 e. The van der Waals surface area contributed by atoms with Gasteiger partial charge in [0.05, 0.1) is 4.70 Å². The number of phenols is 1. The highest BCUT2D eigenvalue weighted by atomic mass is 32.1. The first-order chi connectivity index (χ1) is 6.33. The van der Waals surface area contributed by atoms with Gasteiger partial charge in [0, 0.05) is 0 Å². The molecule has 0 radical (unpaired) electrons. The summed E-state index contributed by atoms with van der Waals surface area (Å²) in [5.74, 6) is 0.366. The lowest BCUT2D eigenvalue weighted by Gasteiger charge is -1.96. The van der Waals surface area contributed by atoms with Gasteiger partial charge in [-0.15, -0.1) is 11.3 Å². The predicted octanol–water partition coefficient (Wildman–Crippen LogP) is 2.11. The van der Waals surface area contributed by atoms with Gasteiger partial charge >= 0.3 is 0 Å². The molecule has 0 atom stereocenters. The van der Waals surface area contributed by atoms with E-state index in [0.29, 0.717) is 12.3 Å². The second-order valence-electron chi connectivity index (χ2n) is 2.95. The van der Waals surface area contributed by atoms with Crippen LogP contribution in [0.25, 0.3) is 10.1 Å². The minimum Gasteiger partial charge on any atom is -0.506 e. The summed E-state index contributed by atoms with van der Waals surface area (Å²) in [6.45, 7) is 0.654. The number of fused-ring (bicyclic) bond motifs is 1. The monoisotopic (exact) mass is 193 g/mol. The van der Waals surface area contributed by atoms with Crippen molar-refractivity contribution in [1.29, 1.82) is 0 Å². The third-order valence-corrected chi connectivity index (χ3v) is 3.14. The summed E-state index contributed by atoms with van der Waals surface area (Å²) >= 11 is 1.57. The van der Waals surface area contributed by atoms with E-state index < -0.39 is 0 Å². The zero-order valence-corrected chi connectivity index (χ0v) is 7.97. The highest BCUT2D eigenvalue weighted by molar-refractivity contribution is 7.17. The topological polar surface area (TPSA) is 46.2 Å². The maximum Gasteiger partial charge on any atom is 0.133 e. The van der Waals surface area contributed by atoms with E-state index in [4.69, 9.17) is 5.73 Å². The van der Waals surface area contributed by atoms with Crippen LogP contribution in [0.4, 0.5) is 0 Å². The fourth-order valence-corrected chi connectivity index (χ4v) is 2.46. The molecule has 2 aromatic rings. The van der Waals surface area contributed by atoms with Crippen molar-refractivity contribution in [3.8, 4) is 5.75 Å². The van der Waals surface area contributed by atoms with Crippen molar-refractivity contribution in [1.82, 2.24) is 0 Å². The van der Waals surface area contributed by atoms with Crippen LogP contribution >= 0.6 is 11.3 Å². The van der Waals surface area contributed by atoms with Gasteiger partial charge < -0.3 is 10.8 Å². The molecular weight excluding hydrogens is 182 g/mol. The second kappa shape index (κ2) is 3.36. The Balaban J connectivity index is 2.61. The number of nitrogens with two attached hydrogens (primary N) is 1. The molecule has 0 aliphatic carbocycles. The lowest BCUT2D eigenvalue weighted by atomic mass is 10.1. The zero-order valence-electron chi connectivity index (χ0n) is 7.16. The summed E-state index contributed by atoms with van der Waals surface area (Å²) in [4.78, 5) is 0. The van der Waals surface area contributed by atoms with E-state index in [9.17, 15) is 5.11 Å². The van der Waals surface area contributed by atoms with Gasteiger partial charge in [0.15, 0.2) is 0 Å². The molecule has 3 N–H and O–H groups in total. The summed E-state index contributed by atoms with van der Waals surface area (Å²) in [5.41, 5.74) is 6.73. The fraction of sp³-hybridized carbons (Fsp3) is 0.200. The Morgan fingerprint density at radius 3 is 3.00 bits per heavy atom. The first-order valence-corrected chi connectivity index (χ1v) is 5.09. The molecule has 13 heavy (non-hydrogen) atoms. The second-order valence-corrected chi connectivity index (χ2v) is 3.83. The molecule has 2 rings (SSSR count). The van der Waals surface area contributed by atoms with E-state index in [0.717, 1.165) is 16.5 Å². The van der Waals surface area contributed by atoms with E-state index >= 15 is 0 Å². The minimum atomic E-state index is 0.366. The van der Waals surface area contributed by atoms with Crippen molar-refractivity contribution >= 4 is 21.4 Å². The van der Waals surface area contributed by atoms with Crippen LogP contribution in [-0.2, 0) is 6.42 Å². The van der Waals surface area contributed by atoms with Crippen molar-refractivity contribution < 1.29 is 5.11 Å². The van der Waals surface area contributed by atoms with Crippen LogP contribution < -0.4 is 5.73 Å². The van der Waals surface area contributed by atoms with E-state index in [1.807, 2.05) is 12.1 Å². The first kappa shape index (κ1) is 8.53. The Labute approximate surface area is 80.6 Å². The van der Waals surface area contributed by atoms with Crippen LogP contribution in [0, 0.1) is 0 Å². The van der Waals surface area contributed by atoms with Gasteiger partial charge in [0.2, 0.25) is 0 Å². The summed E-state index contributed by atoms with van der Waals surface area (Å²) in [6, 6.07) is 5.60. The maximum absolute atomic E-state index is 9.53. The molecule has 0 aliphatic heterocycles. The van der Waals surface area contributed by atoms with Gasteiger partial charge in [-0.3, -0.25) is 0 Å². The summed E-state index contributed by atoms with van der Waals surface area (Å²) in [6.07, 6.45) is 0.878. The molecule has 1 aromatic carbocycles. The molecule has 1 aromatic heterocycles. The molecule has 0 bridgehead atoms. The van der Waals surface area contributed by atoms with Crippen LogP contribution in [0.5, 0.6) is 5.75 Å². The van der Waals surface area contributed by atoms with Gasteiger partial charge in [-0.05, 0) is 35.4 Å². The molecule has 0 unspecified atom stereocenters. The molecule has 0 spiro atoms. The van der Waals surface area contributed by atoms with Gasteiger partial charge in [-0.2, -0.15) is 0 Å². The van der Waals surface area contributed by atoms with Gasteiger partial charge in [0.25, 0.3) is 0 Å². The van der Waals surface area contributed by atoms with E-state index in [2.05, 4.69) is 5.38 Å². The number of aromatic hydroxyl groups is 1. The number of phenolic OH excluding ortho intramolecular Hbond substituents is 1. The molecule has 68 valence electrons. The average Bonchev–Trinajstić information content (AvgIpc) is 2.51. The lowest BCUT2D eigenvalue weighted by molar-refractivity contribution is 0.482. The summed E-state index contributed by atoms with van der Waals surface area (Å²) < 4.78 is 0.964. The van der Waals surface area contributed by atoms with Gasteiger partial charge in [-0.25, -0.2) is 0 Å². The van der Waals surface area contributed by atoms with Crippen LogP contribution in [0.1, 0.15) is 5.56 Å². The molecular formula is C10H11NOS. The van der Waals surface area contributed by atoms with Crippen LogP contribution in [0.3, 0.4) is 0 Å². The van der Waals surface area contributed by atoms with E-state index in [1.165, 1.54) is 5.56 Å². The van der Waals surface area contributed by atoms with E-state index in [1.54, 1.807) is 17.4 Å². The average molecular weight is 193 g/mol. The van der Waals surface area contributed by atoms with Crippen molar-refractivity contribution in [2.24, 2.45) is 5.73 Å². The Morgan fingerprint density at radius 1 is 1.38 bits per heavy atom. The van der Waals surface area contributed by atoms with Gasteiger partial charge in [-0.1, -0.05) is 12.1 Å². The highest BCUT2D eigenvalue weighted by Crippen LogP contribution is 2.32. The Kier molecular flexibility index (Phi) is 2.20. The molecule has 2 nitrogen and oxygen atoms in total. The Morgan fingerprint density at radius 2 is 2.23 bits per heavy atom.